The van der Waals surface area contributed by atoms with E-state index in [1.165, 1.54) is 0 Å². The smallest absolute Gasteiger partial charge is 0.395 e. The van der Waals surface area contributed by atoms with Crippen molar-refractivity contribution in [1.29, 1.82) is 0 Å². The molecule has 0 saturated heterocycles. The fourth-order valence-corrected chi connectivity index (χ4v) is 2.85. The fourth-order valence-electron chi connectivity index (χ4n) is 0.952. The fraction of sp³-hybridized carbons (Fsp3) is 1.00. The van der Waals surface area contributed by atoms with E-state index in [0.29, 0.717) is 0 Å². The van der Waals surface area contributed by atoms with Crippen LogP contribution in [0.5, 0.6) is 0 Å². The van der Waals surface area contributed by atoms with Gasteiger partial charge in [0.1, 0.15) is 0 Å². The summed E-state index contributed by atoms with van der Waals surface area (Å²) in [6.07, 6.45) is -0.402. The molecule has 0 aromatic carbocycles. The maximum absolute atomic E-state index is 12.1. The van der Waals surface area contributed by atoms with Crippen LogP contribution in [-0.2, 0) is 13.6 Å². The van der Waals surface area contributed by atoms with Crippen molar-refractivity contribution in [2.45, 2.75) is 52.9 Å². The van der Waals surface area contributed by atoms with Gasteiger partial charge in [-0.2, -0.15) is 0 Å². The predicted molar refractivity (Wildman–Crippen MR) is 59.7 cm³/mol. The van der Waals surface area contributed by atoms with Gasteiger partial charge in [-0.15, -0.1) is 0 Å². The molecule has 0 radical (unpaired) electrons. The molecule has 0 unspecified atom stereocenters. The molecular weight excluding hydrogens is 217 g/mol. The number of hydrogen-bond donors (Lipinski definition) is 2. The zero-order valence-electron chi connectivity index (χ0n) is 10.1. The minimum Gasteiger partial charge on any atom is -0.395 e. The zero-order valence-corrected chi connectivity index (χ0v) is 11.0. The van der Waals surface area contributed by atoms with Gasteiger partial charge in [-0.1, -0.05) is 0 Å². The van der Waals surface area contributed by atoms with Gasteiger partial charge < -0.3 is 5.11 Å². The van der Waals surface area contributed by atoms with E-state index in [1.807, 2.05) is 0 Å². The van der Waals surface area contributed by atoms with Crippen molar-refractivity contribution < 1.29 is 18.7 Å². The second kappa shape index (κ2) is 6.61. The van der Waals surface area contributed by atoms with Crippen LogP contribution in [0, 0.1) is 0 Å². The van der Waals surface area contributed by atoms with E-state index in [4.69, 9.17) is 14.2 Å². The Morgan fingerprint density at radius 2 is 1.53 bits per heavy atom. The van der Waals surface area contributed by atoms with Crippen LogP contribution < -0.4 is 5.09 Å². The van der Waals surface area contributed by atoms with Gasteiger partial charge in [-0.25, -0.2) is 9.65 Å². The molecular formula is C9H22NO4P. The molecule has 0 aliphatic heterocycles. The van der Waals surface area contributed by atoms with E-state index in [1.54, 1.807) is 34.6 Å². The van der Waals surface area contributed by atoms with Crippen LogP contribution in [0.2, 0.25) is 0 Å². The standard InChI is InChI=1S/C9H22NO4P/c1-7(2)13-15(12,14-8(3)4)10-9(5)6-11/h7-9,11H,6H2,1-5H3,(H,10,12)/t9-/m1/s1. The summed E-state index contributed by atoms with van der Waals surface area (Å²) in [5.74, 6) is 0. The largest absolute Gasteiger partial charge is 0.406 e. The van der Waals surface area contributed by atoms with Gasteiger partial charge in [0.25, 0.3) is 0 Å². The van der Waals surface area contributed by atoms with Crippen molar-refractivity contribution in [3.8, 4) is 0 Å². The van der Waals surface area contributed by atoms with E-state index in [0.717, 1.165) is 0 Å². The lowest BCUT2D eigenvalue weighted by molar-refractivity contribution is 0.129. The van der Waals surface area contributed by atoms with Gasteiger partial charge >= 0.3 is 7.75 Å². The molecule has 0 aliphatic rings. The first-order valence-corrected chi connectivity index (χ1v) is 6.69. The average Bonchev–Trinajstić information content (AvgIpc) is 1.99. The third-order valence-electron chi connectivity index (χ3n) is 1.35. The van der Waals surface area contributed by atoms with Crippen molar-refractivity contribution in [3.05, 3.63) is 0 Å². The molecule has 0 rings (SSSR count). The maximum Gasteiger partial charge on any atom is 0.406 e. The normalized spacial score (nSPS) is 14.9. The molecule has 0 aliphatic carbocycles. The first-order chi connectivity index (χ1) is 6.79. The van der Waals surface area contributed by atoms with Gasteiger partial charge in [0.05, 0.1) is 18.8 Å². The van der Waals surface area contributed by atoms with E-state index in [9.17, 15) is 4.57 Å². The maximum atomic E-state index is 12.1. The molecule has 0 spiro atoms. The Morgan fingerprint density at radius 1 is 1.13 bits per heavy atom. The van der Waals surface area contributed by atoms with Crippen molar-refractivity contribution in [2.24, 2.45) is 0 Å². The first-order valence-electron chi connectivity index (χ1n) is 5.14. The molecule has 0 aromatic heterocycles. The molecule has 92 valence electrons. The van der Waals surface area contributed by atoms with Crippen LogP contribution in [0.4, 0.5) is 0 Å². The van der Waals surface area contributed by atoms with Crippen LogP contribution in [0.3, 0.4) is 0 Å². The average molecular weight is 239 g/mol. The van der Waals surface area contributed by atoms with Crippen LogP contribution in [0.15, 0.2) is 0 Å². The van der Waals surface area contributed by atoms with Crippen molar-refractivity contribution >= 4 is 7.75 Å². The van der Waals surface area contributed by atoms with Crippen molar-refractivity contribution in [1.82, 2.24) is 5.09 Å². The lowest BCUT2D eigenvalue weighted by Crippen LogP contribution is -2.30. The Hall–Kier alpha value is 0.0700. The molecule has 1 atom stereocenters. The topological polar surface area (TPSA) is 67.8 Å². The summed E-state index contributed by atoms with van der Waals surface area (Å²) in [6, 6.07) is -0.326. The molecule has 0 fully saturated rings. The molecule has 2 N–H and O–H groups in total. The van der Waals surface area contributed by atoms with Crippen LogP contribution in [0.1, 0.15) is 34.6 Å². The highest BCUT2D eigenvalue weighted by molar-refractivity contribution is 7.51. The van der Waals surface area contributed by atoms with E-state index in [-0.39, 0.29) is 24.9 Å². The Labute approximate surface area is 91.7 Å². The van der Waals surface area contributed by atoms with Crippen LogP contribution in [-0.4, -0.2) is 30.0 Å². The Bertz CT molecular complexity index is 206. The monoisotopic (exact) mass is 239 g/mol. The Balaban J connectivity index is 4.47. The summed E-state index contributed by atoms with van der Waals surface area (Å²) in [5, 5.41) is 11.5. The summed E-state index contributed by atoms with van der Waals surface area (Å²) < 4.78 is 22.6. The molecule has 0 bridgehead atoms. The van der Waals surface area contributed by atoms with E-state index >= 15 is 0 Å². The van der Waals surface area contributed by atoms with Gasteiger partial charge in [-0.3, -0.25) is 9.05 Å². The first kappa shape index (κ1) is 15.1. The van der Waals surface area contributed by atoms with Crippen LogP contribution in [0.25, 0.3) is 0 Å². The van der Waals surface area contributed by atoms with Crippen molar-refractivity contribution in [3.63, 3.8) is 0 Å². The predicted octanol–water partition coefficient (Wildman–Crippen LogP) is 1.91. The molecule has 0 aromatic rings. The van der Waals surface area contributed by atoms with Crippen LogP contribution >= 0.6 is 7.75 Å². The molecule has 0 heterocycles. The SMILES string of the molecule is CC(C)OP(=O)(N[C@H](C)CO)OC(C)C. The molecule has 5 nitrogen and oxygen atoms in total. The number of rotatable bonds is 7. The highest BCUT2D eigenvalue weighted by atomic mass is 31.2. The number of hydrogen-bond acceptors (Lipinski definition) is 4. The molecule has 6 heteroatoms. The van der Waals surface area contributed by atoms with E-state index in [2.05, 4.69) is 5.09 Å². The summed E-state index contributed by atoms with van der Waals surface area (Å²) >= 11 is 0. The number of nitrogens with one attached hydrogen (secondary N) is 1. The number of aliphatic hydroxyl groups is 1. The third kappa shape index (κ3) is 7.03. The summed E-state index contributed by atoms with van der Waals surface area (Å²) in [4.78, 5) is 0. The van der Waals surface area contributed by atoms with Gasteiger partial charge in [-0.05, 0) is 34.6 Å². The second-order valence-corrected chi connectivity index (χ2v) is 5.69. The summed E-state index contributed by atoms with van der Waals surface area (Å²) in [6.45, 7) is 8.71. The lowest BCUT2D eigenvalue weighted by atomic mass is 10.4. The lowest BCUT2D eigenvalue weighted by Gasteiger charge is -2.25. The third-order valence-corrected chi connectivity index (χ3v) is 3.51. The Morgan fingerprint density at radius 3 is 1.80 bits per heavy atom. The molecule has 0 amide bonds. The highest BCUT2D eigenvalue weighted by Crippen LogP contribution is 2.46. The second-order valence-electron chi connectivity index (χ2n) is 4.02. The zero-order chi connectivity index (χ0) is 12.1. The molecule has 15 heavy (non-hydrogen) atoms. The van der Waals surface area contributed by atoms with Crippen molar-refractivity contribution in [2.75, 3.05) is 6.61 Å². The Kier molecular flexibility index (Phi) is 6.64. The summed E-state index contributed by atoms with van der Waals surface area (Å²) in [7, 11) is -3.31. The van der Waals surface area contributed by atoms with E-state index < -0.39 is 7.75 Å². The van der Waals surface area contributed by atoms with Gasteiger partial charge in [0.15, 0.2) is 0 Å². The molecule has 0 saturated carbocycles. The minimum atomic E-state index is -3.31. The number of aliphatic hydroxyl groups excluding tert-OH is 1. The van der Waals surface area contributed by atoms with Gasteiger partial charge in [0.2, 0.25) is 0 Å². The quantitative estimate of drug-likeness (QED) is 0.664. The minimum absolute atomic E-state index is 0.118. The highest BCUT2D eigenvalue weighted by Gasteiger charge is 2.29. The van der Waals surface area contributed by atoms with Gasteiger partial charge in [0, 0.05) is 6.04 Å². The summed E-state index contributed by atoms with van der Waals surface area (Å²) in [5.41, 5.74) is 0.